The number of amides is 1. The van der Waals surface area contributed by atoms with Crippen LogP contribution in [0.25, 0.3) is 0 Å². The van der Waals surface area contributed by atoms with Crippen molar-refractivity contribution in [2.75, 3.05) is 23.1 Å². The van der Waals surface area contributed by atoms with Crippen LogP contribution in [0.2, 0.25) is 0 Å². The van der Waals surface area contributed by atoms with E-state index >= 15 is 0 Å². The summed E-state index contributed by atoms with van der Waals surface area (Å²) in [5.41, 5.74) is 2.92. The minimum Gasteiger partial charge on any atom is -0.354 e. The summed E-state index contributed by atoms with van der Waals surface area (Å²) in [6, 6.07) is 20.3. The average Bonchev–Trinajstić information content (AvgIpc) is 2.82. The van der Waals surface area contributed by atoms with E-state index in [4.69, 9.17) is 0 Å². The Morgan fingerprint density at radius 2 is 1.71 bits per heavy atom. The Morgan fingerprint density at radius 1 is 1.00 bits per heavy atom. The second kappa shape index (κ2) is 12.0. The molecule has 1 N–H and O–H groups in total. The molecule has 0 bridgehead atoms. The molecule has 0 radical (unpaired) electrons. The topological polar surface area (TPSA) is 66.5 Å². The number of aryl methyl sites for hydroxylation is 2. The second-order valence-corrected chi connectivity index (χ2v) is 10.9. The predicted octanol–water partition coefficient (Wildman–Crippen LogP) is 5.08. The van der Waals surface area contributed by atoms with E-state index in [1.165, 1.54) is 22.5 Å². The second-order valence-electron chi connectivity index (χ2n) is 7.96. The maximum absolute atomic E-state index is 13.7. The normalized spacial score (nSPS) is 11.3. The highest BCUT2D eigenvalue weighted by Gasteiger charge is 2.28. The van der Waals surface area contributed by atoms with E-state index in [2.05, 4.69) is 5.32 Å². The van der Waals surface area contributed by atoms with Crippen molar-refractivity contribution in [1.29, 1.82) is 0 Å². The van der Waals surface area contributed by atoms with Gasteiger partial charge in [-0.3, -0.25) is 9.10 Å². The highest BCUT2D eigenvalue weighted by atomic mass is 32.2. The average molecular weight is 501 g/mol. The number of benzene rings is 3. The fourth-order valence-electron chi connectivity index (χ4n) is 3.49. The first kappa shape index (κ1) is 25.8. The number of nitrogens with one attached hydrogen (secondary N) is 1. The van der Waals surface area contributed by atoms with Gasteiger partial charge in [-0.05, 0) is 61.4 Å². The summed E-state index contributed by atoms with van der Waals surface area (Å²) < 4.78 is 41.6. The van der Waals surface area contributed by atoms with Gasteiger partial charge in [-0.2, -0.15) is 11.8 Å². The lowest BCUT2D eigenvalue weighted by Crippen LogP contribution is -2.41. The van der Waals surface area contributed by atoms with Gasteiger partial charge in [-0.1, -0.05) is 54.1 Å². The van der Waals surface area contributed by atoms with E-state index in [1.54, 1.807) is 48.2 Å². The molecule has 1 amide bonds. The summed E-state index contributed by atoms with van der Waals surface area (Å²) in [6.45, 7) is 3.86. The van der Waals surface area contributed by atoms with Crippen LogP contribution >= 0.6 is 11.8 Å². The van der Waals surface area contributed by atoms with Gasteiger partial charge in [0.1, 0.15) is 12.4 Å². The maximum Gasteiger partial charge on any atom is 0.264 e. The molecule has 0 saturated carbocycles. The molecule has 180 valence electrons. The number of thioether (sulfide) groups is 1. The molecule has 34 heavy (non-hydrogen) atoms. The van der Waals surface area contributed by atoms with E-state index in [-0.39, 0.29) is 23.2 Å². The highest BCUT2D eigenvalue weighted by Crippen LogP contribution is 2.27. The Bertz CT molecular complexity index is 1220. The van der Waals surface area contributed by atoms with Crippen LogP contribution in [0.15, 0.2) is 77.7 Å². The summed E-state index contributed by atoms with van der Waals surface area (Å²) in [6.07, 6.45) is 0.694. The van der Waals surface area contributed by atoms with Crippen molar-refractivity contribution in [2.24, 2.45) is 0 Å². The van der Waals surface area contributed by atoms with E-state index in [1.807, 2.05) is 32.0 Å². The van der Waals surface area contributed by atoms with Crippen molar-refractivity contribution >= 4 is 33.4 Å². The van der Waals surface area contributed by atoms with Crippen LogP contribution in [-0.4, -0.2) is 33.2 Å². The van der Waals surface area contributed by atoms with Crippen LogP contribution in [-0.2, 0) is 20.6 Å². The first-order chi connectivity index (χ1) is 16.3. The third-order valence-electron chi connectivity index (χ3n) is 5.24. The van der Waals surface area contributed by atoms with Crippen molar-refractivity contribution in [1.82, 2.24) is 5.32 Å². The van der Waals surface area contributed by atoms with Gasteiger partial charge >= 0.3 is 0 Å². The molecule has 3 aromatic rings. The maximum atomic E-state index is 13.7. The van der Waals surface area contributed by atoms with Crippen LogP contribution in [0.1, 0.15) is 23.1 Å². The van der Waals surface area contributed by atoms with Gasteiger partial charge < -0.3 is 5.32 Å². The van der Waals surface area contributed by atoms with E-state index in [9.17, 15) is 17.6 Å². The van der Waals surface area contributed by atoms with Crippen molar-refractivity contribution in [3.05, 3.63) is 95.3 Å². The van der Waals surface area contributed by atoms with Crippen LogP contribution < -0.4 is 9.62 Å². The smallest absolute Gasteiger partial charge is 0.264 e. The van der Waals surface area contributed by atoms with Crippen LogP contribution in [0.5, 0.6) is 0 Å². The summed E-state index contributed by atoms with van der Waals surface area (Å²) in [7, 11) is -3.93. The molecule has 3 rings (SSSR count). The number of hydrogen-bond acceptors (Lipinski definition) is 4. The predicted molar refractivity (Wildman–Crippen MR) is 137 cm³/mol. The zero-order valence-electron chi connectivity index (χ0n) is 19.3. The van der Waals surface area contributed by atoms with Crippen molar-refractivity contribution in [3.8, 4) is 0 Å². The summed E-state index contributed by atoms with van der Waals surface area (Å²) in [5.74, 6) is 0.724. The lowest BCUT2D eigenvalue weighted by atomic mass is 10.1. The number of sulfonamides is 1. The van der Waals surface area contributed by atoms with Crippen LogP contribution in [0, 0.1) is 19.7 Å². The fourth-order valence-corrected chi connectivity index (χ4v) is 5.94. The third-order valence-corrected chi connectivity index (χ3v) is 8.11. The molecule has 0 spiro atoms. The number of rotatable bonds is 11. The Labute approximate surface area is 205 Å². The largest absolute Gasteiger partial charge is 0.354 e. The Hall–Kier alpha value is -2.84. The number of carbonyl (C=O) groups excluding carboxylic acids is 1. The van der Waals surface area contributed by atoms with Gasteiger partial charge in [0.2, 0.25) is 5.91 Å². The zero-order valence-corrected chi connectivity index (χ0v) is 21.0. The lowest BCUT2D eigenvalue weighted by Gasteiger charge is -2.26. The molecule has 8 heteroatoms. The van der Waals surface area contributed by atoms with Crippen molar-refractivity contribution in [3.63, 3.8) is 0 Å². The number of anilines is 1. The molecule has 0 aromatic heterocycles. The van der Waals surface area contributed by atoms with Gasteiger partial charge in [-0.25, -0.2) is 12.8 Å². The molecule has 0 atom stereocenters. The highest BCUT2D eigenvalue weighted by molar-refractivity contribution is 7.98. The molecular weight excluding hydrogens is 471 g/mol. The van der Waals surface area contributed by atoms with Gasteiger partial charge in [0.15, 0.2) is 0 Å². The van der Waals surface area contributed by atoms with Crippen molar-refractivity contribution in [2.45, 2.75) is 30.9 Å². The molecule has 5 nitrogen and oxygen atoms in total. The van der Waals surface area contributed by atoms with E-state index in [0.717, 1.165) is 16.9 Å². The first-order valence-corrected chi connectivity index (χ1v) is 13.6. The Kier molecular flexibility index (Phi) is 9.12. The monoisotopic (exact) mass is 500 g/mol. The Balaban J connectivity index is 1.61. The molecule has 3 aromatic carbocycles. The summed E-state index contributed by atoms with van der Waals surface area (Å²) in [4.78, 5) is 12.8. The lowest BCUT2D eigenvalue weighted by molar-refractivity contribution is -0.119. The number of hydrogen-bond donors (Lipinski definition) is 1. The summed E-state index contributed by atoms with van der Waals surface area (Å²) in [5, 5.41) is 2.81. The van der Waals surface area contributed by atoms with Gasteiger partial charge in [0, 0.05) is 12.3 Å². The van der Waals surface area contributed by atoms with Gasteiger partial charge in [-0.15, -0.1) is 0 Å². The number of nitrogens with zero attached hydrogens (tertiary/aromatic N) is 1. The molecule has 0 aliphatic rings. The Morgan fingerprint density at radius 3 is 2.41 bits per heavy atom. The SMILES string of the molecule is Cc1ccc(N(CC(=O)NCCCSCc2ccccc2F)S(=O)(=O)c2ccccc2)c(C)c1. The van der Waals surface area contributed by atoms with Crippen LogP contribution in [0.3, 0.4) is 0 Å². The fraction of sp³-hybridized carbons (Fsp3) is 0.269. The molecule has 0 unspecified atom stereocenters. The van der Waals surface area contributed by atoms with Gasteiger partial charge in [0.25, 0.3) is 10.0 Å². The molecular formula is C26H29FN2O3S2. The van der Waals surface area contributed by atoms with E-state index in [0.29, 0.717) is 30.0 Å². The standard InChI is InChI=1S/C26H29FN2O3S2/c1-20-13-14-25(21(2)17-20)29(34(31,32)23-10-4-3-5-11-23)18-26(30)28-15-8-16-33-19-22-9-6-7-12-24(22)27/h3-7,9-14,17H,8,15-16,18-19H2,1-2H3,(H,28,30). The molecule has 0 aliphatic carbocycles. The van der Waals surface area contributed by atoms with Crippen LogP contribution in [0.4, 0.5) is 10.1 Å². The molecule has 0 saturated heterocycles. The number of carbonyl (C=O) groups is 1. The van der Waals surface area contributed by atoms with E-state index < -0.39 is 10.0 Å². The minimum absolute atomic E-state index is 0.132. The van der Waals surface area contributed by atoms with Gasteiger partial charge in [0.05, 0.1) is 10.6 Å². The summed E-state index contributed by atoms with van der Waals surface area (Å²) >= 11 is 1.59. The molecule has 0 aliphatic heterocycles. The first-order valence-electron chi connectivity index (χ1n) is 11.0. The quantitative estimate of drug-likeness (QED) is 0.373. The number of halogens is 1. The third kappa shape index (κ3) is 6.84. The minimum atomic E-state index is -3.93. The molecule has 0 heterocycles. The zero-order chi connectivity index (χ0) is 24.6. The van der Waals surface area contributed by atoms with Crippen molar-refractivity contribution < 1.29 is 17.6 Å². The molecule has 0 fully saturated rings.